The molecule has 0 aliphatic heterocycles. The van der Waals surface area contributed by atoms with Crippen molar-refractivity contribution in [3.8, 4) is 0 Å². The first-order valence-electron chi connectivity index (χ1n) is 9.50. The molecule has 26 heavy (non-hydrogen) atoms. The van der Waals surface area contributed by atoms with Crippen LogP contribution in [0.15, 0.2) is 0 Å². The standard InChI is InChI=1S/C16H41N3O5Si2/c1-15(2)22-25(7,20-5)24-26(21-6,23-16(3)4)14-8-10-18-12-13-19-11-9-17/h15-16,18-19H,8-14,17H2,1-7H3. The van der Waals surface area contributed by atoms with Gasteiger partial charge in [-0.05, 0) is 40.7 Å². The van der Waals surface area contributed by atoms with Crippen molar-refractivity contribution in [2.75, 3.05) is 46.9 Å². The number of nitrogens with two attached hydrogens (primary N) is 1. The Balaban J connectivity index is 4.66. The van der Waals surface area contributed by atoms with Gasteiger partial charge < -0.3 is 38.2 Å². The molecule has 8 nitrogen and oxygen atoms in total. The molecule has 0 saturated carbocycles. The molecule has 0 rings (SSSR count). The number of hydrogen-bond donors (Lipinski definition) is 3. The molecule has 10 heteroatoms. The van der Waals surface area contributed by atoms with Gasteiger partial charge in [0.15, 0.2) is 0 Å². The van der Waals surface area contributed by atoms with E-state index < -0.39 is 17.6 Å². The van der Waals surface area contributed by atoms with E-state index in [0.29, 0.717) is 12.6 Å². The monoisotopic (exact) mass is 411 g/mol. The Morgan fingerprint density at radius 2 is 1.42 bits per heavy atom. The van der Waals surface area contributed by atoms with Crippen molar-refractivity contribution < 1.29 is 21.8 Å². The van der Waals surface area contributed by atoms with Gasteiger partial charge in [-0.3, -0.25) is 0 Å². The maximum Gasteiger partial charge on any atom is 0.493 e. The second-order valence-electron chi connectivity index (χ2n) is 6.78. The molecule has 0 fully saturated rings. The summed E-state index contributed by atoms with van der Waals surface area (Å²) in [4.78, 5) is 0. The largest absolute Gasteiger partial charge is 0.493 e. The number of hydrogen-bond acceptors (Lipinski definition) is 8. The summed E-state index contributed by atoms with van der Waals surface area (Å²) in [5.41, 5.74) is 5.45. The Morgan fingerprint density at radius 1 is 0.846 bits per heavy atom. The quantitative estimate of drug-likeness (QED) is 0.243. The van der Waals surface area contributed by atoms with Crippen LogP contribution in [0.1, 0.15) is 34.1 Å². The van der Waals surface area contributed by atoms with Crippen LogP contribution in [0, 0.1) is 0 Å². The van der Waals surface area contributed by atoms with Gasteiger partial charge in [-0.2, -0.15) is 0 Å². The predicted molar refractivity (Wildman–Crippen MR) is 109 cm³/mol. The lowest BCUT2D eigenvalue weighted by Gasteiger charge is -2.37. The Bertz CT molecular complexity index is 356. The summed E-state index contributed by atoms with van der Waals surface area (Å²) in [7, 11) is -2.46. The molecule has 4 N–H and O–H groups in total. The van der Waals surface area contributed by atoms with Crippen LogP contribution in [0.2, 0.25) is 12.6 Å². The molecule has 0 heterocycles. The zero-order valence-electron chi connectivity index (χ0n) is 17.7. The first kappa shape index (κ1) is 26.1. The lowest BCUT2D eigenvalue weighted by molar-refractivity contribution is 0.0377. The molecule has 158 valence electrons. The molecule has 0 aromatic rings. The van der Waals surface area contributed by atoms with Crippen LogP contribution < -0.4 is 16.4 Å². The summed E-state index contributed by atoms with van der Waals surface area (Å²) >= 11 is 0. The Labute approximate surface area is 162 Å². The molecule has 0 aliphatic carbocycles. The predicted octanol–water partition coefficient (Wildman–Crippen LogP) is 1.18. The molecule has 0 aliphatic rings. The first-order chi connectivity index (χ1) is 12.2. The van der Waals surface area contributed by atoms with Crippen LogP contribution in [0.5, 0.6) is 0 Å². The first-order valence-corrected chi connectivity index (χ1v) is 13.7. The molecular weight excluding hydrogens is 370 g/mol. The van der Waals surface area contributed by atoms with E-state index in [1.165, 1.54) is 0 Å². The summed E-state index contributed by atoms with van der Waals surface area (Å²) < 4.78 is 29.8. The highest BCUT2D eigenvalue weighted by Gasteiger charge is 2.50. The Hall–Kier alpha value is 0.114. The van der Waals surface area contributed by atoms with E-state index in [0.717, 1.165) is 32.6 Å². The van der Waals surface area contributed by atoms with E-state index >= 15 is 0 Å². The van der Waals surface area contributed by atoms with Crippen molar-refractivity contribution in [1.29, 1.82) is 0 Å². The summed E-state index contributed by atoms with van der Waals surface area (Å²) in [6.45, 7) is 14.0. The van der Waals surface area contributed by atoms with Gasteiger partial charge in [0.1, 0.15) is 0 Å². The highest BCUT2D eigenvalue weighted by atomic mass is 28.5. The lowest BCUT2D eigenvalue weighted by Crippen LogP contribution is -2.58. The van der Waals surface area contributed by atoms with Crippen LogP contribution in [0.3, 0.4) is 0 Å². The van der Waals surface area contributed by atoms with Crippen LogP contribution >= 0.6 is 0 Å². The smallest absolute Gasteiger partial charge is 0.377 e. The molecule has 2 unspecified atom stereocenters. The minimum atomic E-state index is -2.90. The second kappa shape index (κ2) is 14.2. The van der Waals surface area contributed by atoms with Crippen molar-refractivity contribution in [3.05, 3.63) is 0 Å². The molecule has 0 aromatic carbocycles. The van der Waals surface area contributed by atoms with Gasteiger partial charge in [0.05, 0.1) is 0 Å². The Morgan fingerprint density at radius 3 is 1.88 bits per heavy atom. The molecule has 0 aromatic heterocycles. The van der Waals surface area contributed by atoms with Crippen LogP contribution in [-0.4, -0.2) is 76.8 Å². The van der Waals surface area contributed by atoms with Crippen LogP contribution in [0.25, 0.3) is 0 Å². The average Bonchev–Trinajstić information content (AvgIpc) is 2.55. The van der Waals surface area contributed by atoms with Gasteiger partial charge in [0.2, 0.25) is 0 Å². The fraction of sp³-hybridized carbons (Fsp3) is 1.00. The SMILES string of the molecule is CO[Si](C)(OC(C)C)O[Si](CCCNCCNCCN)(OC)OC(C)C. The average molecular weight is 412 g/mol. The molecule has 0 spiro atoms. The zero-order valence-corrected chi connectivity index (χ0v) is 19.7. The molecule has 0 radical (unpaired) electrons. The maximum atomic E-state index is 6.34. The summed E-state index contributed by atoms with van der Waals surface area (Å²) in [5, 5.41) is 6.66. The fourth-order valence-corrected chi connectivity index (χ4v) is 8.89. The highest BCUT2D eigenvalue weighted by Crippen LogP contribution is 2.25. The zero-order chi connectivity index (χ0) is 20.1. The third-order valence-electron chi connectivity index (χ3n) is 3.52. The summed E-state index contributed by atoms with van der Waals surface area (Å²) in [6, 6.07) is 0.707. The van der Waals surface area contributed by atoms with Gasteiger partial charge >= 0.3 is 17.6 Å². The van der Waals surface area contributed by atoms with Crippen LogP contribution in [-0.2, 0) is 21.8 Å². The molecule has 0 saturated heterocycles. The van der Waals surface area contributed by atoms with Crippen molar-refractivity contribution in [3.63, 3.8) is 0 Å². The summed E-state index contributed by atoms with van der Waals surface area (Å²) in [5.74, 6) is 0. The number of rotatable bonds is 17. The maximum absolute atomic E-state index is 6.34. The molecule has 2 atom stereocenters. The normalized spacial score (nSPS) is 16.8. The van der Waals surface area contributed by atoms with Gasteiger partial charge in [0, 0.05) is 65.2 Å². The summed E-state index contributed by atoms with van der Waals surface area (Å²) in [6.07, 6.45) is 0.903. The number of nitrogens with one attached hydrogen (secondary N) is 2. The highest BCUT2D eigenvalue weighted by molar-refractivity contribution is 6.74. The molecule has 0 bridgehead atoms. The van der Waals surface area contributed by atoms with Gasteiger partial charge in [-0.15, -0.1) is 0 Å². The molecule has 0 amide bonds. The van der Waals surface area contributed by atoms with Crippen LogP contribution in [0.4, 0.5) is 0 Å². The van der Waals surface area contributed by atoms with Crippen molar-refractivity contribution >= 4 is 17.6 Å². The third-order valence-corrected chi connectivity index (χ3v) is 10.3. The van der Waals surface area contributed by atoms with Gasteiger partial charge in [0.25, 0.3) is 0 Å². The minimum absolute atomic E-state index is 0.00388. The van der Waals surface area contributed by atoms with E-state index in [1.807, 2.05) is 34.2 Å². The fourth-order valence-electron chi connectivity index (χ4n) is 2.47. The van der Waals surface area contributed by atoms with Gasteiger partial charge in [-0.25, -0.2) is 0 Å². The van der Waals surface area contributed by atoms with E-state index in [2.05, 4.69) is 10.6 Å². The van der Waals surface area contributed by atoms with Crippen molar-refractivity contribution in [2.45, 2.75) is 58.9 Å². The topological polar surface area (TPSA) is 96.2 Å². The van der Waals surface area contributed by atoms with E-state index in [-0.39, 0.29) is 12.2 Å². The van der Waals surface area contributed by atoms with E-state index in [4.69, 9.17) is 27.6 Å². The van der Waals surface area contributed by atoms with Crippen molar-refractivity contribution in [1.82, 2.24) is 10.6 Å². The minimum Gasteiger partial charge on any atom is -0.377 e. The van der Waals surface area contributed by atoms with Crippen molar-refractivity contribution in [2.24, 2.45) is 5.73 Å². The Kier molecular flexibility index (Phi) is 14.2. The lowest BCUT2D eigenvalue weighted by atomic mass is 10.4. The molecular formula is C16H41N3O5Si2. The second-order valence-corrected chi connectivity index (χ2v) is 12.5. The van der Waals surface area contributed by atoms with E-state index in [1.54, 1.807) is 14.2 Å². The van der Waals surface area contributed by atoms with E-state index in [9.17, 15) is 0 Å². The third kappa shape index (κ3) is 11.7. The van der Waals surface area contributed by atoms with Gasteiger partial charge in [-0.1, -0.05) is 0 Å².